The van der Waals surface area contributed by atoms with Crippen LogP contribution in [0.3, 0.4) is 0 Å². The number of nitrogens with one attached hydrogen (secondary N) is 1. The lowest BCUT2D eigenvalue weighted by Gasteiger charge is -2.06. The molecule has 0 aromatic rings. The Morgan fingerprint density at radius 3 is 0.323 bits per heavy atom. The van der Waals surface area contributed by atoms with E-state index in [1.165, 1.54) is 398 Å². The number of hydrogen-bond acceptors (Lipinski definition) is 1. The first-order valence-corrected chi connectivity index (χ1v) is 32.1. The van der Waals surface area contributed by atoms with Crippen molar-refractivity contribution in [3.8, 4) is 0 Å². The molecule has 0 rings (SSSR count). The summed E-state index contributed by atoms with van der Waals surface area (Å²) in [6.45, 7) is 7.12. The monoisotopic (exact) mass is 914 g/mol. The molecule has 1 nitrogen and oxygen atoms in total. The molecular formula is C64H131N. The van der Waals surface area contributed by atoms with Crippen LogP contribution in [0, 0.1) is 0 Å². The third-order valence-electron chi connectivity index (χ3n) is 15.4. The average molecular weight is 915 g/mol. The lowest BCUT2D eigenvalue weighted by atomic mass is 10.0. The molecule has 0 aliphatic rings. The molecule has 0 aliphatic carbocycles. The molecule has 65 heavy (non-hydrogen) atoms. The zero-order valence-electron chi connectivity index (χ0n) is 46.3. The molecule has 0 heterocycles. The second-order valence-corrected chi connectivity index (χ2v) is 22.3. The Kier molecular flexibility index (Phi) is 63.9. The molecular weight excluding hydrogens is 783 g/mol. The number of unbranched alkanes of at least 4 members (excludes halogenated alkanes) is 58. The standard InChI is InChI=1S/C64H131N/c1-3-5-7-9-11-13-15-17-19-21-23-25-26-27-28-29-30-31-32-33-34-35-36-37-38-39-40-41-42-43-44-46-48-50-52-54-56-58-60-62-64-65-63-61-59-57-55-53-51-49-47-45-24-22-20-18-16-14-12-10-8-6-4-2/h65H,3-64H2,1-2H3. The van der Waals surface area contributed by atoms with Gasteiger partial charge >= 0.3 is 0 Å². The molecule has 0 atom stereocenters. The minimum atomic E-state index is 1.25. The topological polar surface area (TPSA) is 12.0 Å². The van der Waals surface area contributed by atoms with Crippen molar-refractivity contribution >= 4 is 0 Å². The highest BCUT2D eigenvalue weighted by Gasteiger charge is 2.00. The van der Waals surface area contributed by atoms with Gasteiger partial charge in [0.25, 0.3) is 0 Å². The maximum Gasteiger partial charge on any atom is -0.00489 e. The lowest BCUT2D eigenvalue weighted by Crippen LogP contribution is -2.16. The summed E-state index contributed by atoms with van der Waals surface area (Å²) in [7, 11) is 0. The third kappa shape index (κ3) is 64.0. The van der Waals surface area contributed by atoms with Crippen molar-refractivity contribution in [3.05, 3.63) is 0 Å². The van der Waals surface area contributed by atoms with Crippen molar-refractivity contribution in [1.82, 2.24) is 5.32 Å². The molecule has 392 valence electrons. The largest absolute Gasteiger partial charge is 0.317 e. The first-order chi connectivity index (χ1) is 32.4. The van der Waals surface area contributed by atoms with E-state index in [-0.39, 0.29) is 0 Å². The fourth-order valence-corrected chi connectivity index (χ4v) is 10.7. The number of hydrogen-bond donors (Lipinski definition) is 1. The second-order valence-electron chi connectivity index (χ2n) is 22.3. The van der Waals surface area contributed by atoms with Crippen molar-refractivity contribution in [1.29, 1.82) is 0 Å². The van der Waals surface area contributed by atoms with Gasteiger partial charge in [-0.2, -0.15) is 0 Å². The third-order valence-corrected chi connectivity index (χ3v) is 15.4. The van der Waals surface area contributed by atoms with Crippen LogP contribution in [-0.4, -0.2) is 13.1 Å². The molecule has 0 aromatic heterocycles. The van der Waals surface area contributed by atoms with E-state index in [0.717, 1.165) is 0 Å². The van der Waals surface area contributed by atoms with Crippen LogP contribution in [0.5, 0.6) is 0 Å². The van der Waals surface area contributed by atoms with E-state index in [1.807, 2.05) is 0 Å². The molecule has 0 fully saturated rings. The molecule has 1 N–H and O–H groups in total. The molecule has 0 saturated heterocycles. The zero-order valence-corrected chi connectivity index (χ0v) is 46.3. The van der Waals surface area contributed by atoms with Crippen LogP contribution in [0.1, 0.15) is 399 Å². The molecule has 0 aromatic carbocycles. The Labute approximate surface area is 415 Å². The van der Waals surface area contributed by atoms with E-state index in [9.17, 15) is 0 Å². The van der Waals surface area contributed by atoms with Gasteiger partial charge < -0.3 is 5.32 Å². The summed E-state index contributed by atoms with van der Waals surface area (Å²) < 4.78 is 0. The summed E-state index contributed by atoms with van der Waals surface area (Å²) in [6, 6.07) is 0. The van der Waals surface area contributed by atoms with Crippen molar-refractivity contribution in [3.63, 3.8) is 0 Å². The molecule has 0 bridgehead atoms. The van der Waals surface area contributed by atoms with E-state index in [4.69, 9.17) is 0 Å². The summed E-state index contributed by atoms with van der Waals surface area (Å²) in [5.74, 6) is 0. The van der Waals surface area contributed by atoms with E-state index in [2.05, 4.69) is 19.2 Å². The zero-order chi connectivity index (χ0) is 46.5. The SMILES string of the molecule is CCCCCCCCCCCCCCCCCCCCCCCCCCCCCCCCCCCCCCCCCCNCCCCCCCCCCCCCCCCCCCCCC. The predicted octanol–water partition coefficient (Wildman–Crippen LogP) is 24.0. The van der Waals surface area contributed by atoms with Crippen LogP contribution < -0.4 is 5.32 Å². The smallest absolute Gasteiger partial charge is 0.00489 e. The van der Waals surface area contributed by atoms with Crippen molar-refractivity contribution in [2.24, 2.45) is 0 Å². The lowest BCUT2D eigenvalue weighted by molar-refractivity contribution is 0.508. The van der Waals surface area contributed by atoms with Gasteiger partial charge in [0.2, 0.25) is 0 Å². The van der Waals surface area contributed by atoms with Crippen molar-refractivity contribution in [2.75, 3.05) is 13.1 Å². The Bertz CT molecular complexity index is 699. The van der Waals surface area contributed by atoms with Gasteiger partial charge in [0.05, 0.1) is 0 Å². The summed E-state index contributed by atoms with van der Waals surface area (Å²) in [5.41, 5.74) is 0. The van der Waals surface area contributed by atoms with Gasteiger partial charge in [0, 0.05) is 0 Å². The molecule has 0 amide bonds. The summed E-state index contributed by atoms with van der Waals surface area (Å²) in [5, 5.41) is 3.72. The molecule has 0 radical (unpaired) electrons. The quantitative estimate of drug-likeness (QED) is 0.0600. The highest BCUT2D eigenvalue weighted by molar-refractivity contribution is 4.56. The summed E-state index contributed by atoms with van der Waals surface area (Å²) >= 11 is 0. The maximum atomic E-state index is 3.72. The predicted molar refractivity (Wildman–Crippen MR) is 301 cm³/mol. The molecule has 1 heteroatoms. The van der Waals surface area contributed by atoms with Gasteiger partial charge in [-0.1, -0.05) is 386 Å². The average Bonchev–Trinajstić information content (AvgIpc) is 3.32. The van der Waals surface area contributed by atoms with Crippen molar-refractivity contribution < 1.29 is 0 Å². The van der Waals surface area contributed by atoms with E-state index >= 15 is 0 Å². The minimum Gasteiger partial charge on any atom is -0.317 e. The van der Waals surface area contributed by atoms with Crippen LogP contribution in [0.4, 0.5) is 0 Å². The van der Waals surface area contributed by atoms with Gasteiger partial charge in [-0.05, 0) is 25.9 Å². The highest BCUT2D eigenvalue weighted by Crippen LogP contribution is 2.19. The first kappa shape index (κ1) is 65.0. The van der Waals surface area contributed by atoms with Crippen LogP contribution in [0.2, 0.25) is 0 Å². The van der Waals surface area contributed by atoms with Crippen LogP contribution in [0.15, 0.2) is 0 Å². The normalized spacial score (nSPS) is 11.7. The Balaban J connectivity index is 3.06. The Morgan fingerprint density at radius 1 is 0.123 bits per heavy atom. The van der Waals surface area contributed by atoms with Gasteiger partial charge in [0.15, 0.2) is 0 Å². The van der Waals surface area contributed by atoms with Gasteiger partial charge in [-0.25, -0.2) is 0 Å². The Hall–Kier alpha value is -0.0400. The summed E-state index contributed by atoms with van der Waals surface area (Å²) in [6.07, 6.45) is 88.7. The van der Waals surface area contributed by atoms with Crippen molar-refractivity contribution in [2.45, 2.75) is 399 Å². The Morgan fingerprint density at radius 2 is 0.215 bits per heavy atom. The highest BCUT2D eigenvalue weighted by atomic mass is 14.8. The van der Waals surface area contributed by atoms with E-state index < -0.39 is 0 Å². The number of rotatable bonds is 62. The van der Waals surface area contributed by atoms with E-state index in [1.54, 1.807) is 0 Å². The molecule has 0 spiro atoms. The van der Waals surface area contributed by atoms with Gasteiger partial charge in [0.1, 0.15) is 0 Å². The summed E-state index contributed by atoms with van der Waals surface area (Å²) in [4.78, 5) is 0. The van der Waals surface area contributed by atoms with Crippen LogP contribution in [0.25, 0.3) is 0 Å². The van der Waals surface area contributed by atoms with E-state index in [0.29, 0.717) is 0 Å². The second kappa shape index (κ2) is 64.0. The molecule has 0 saturated carbocycles. The van der Waals surface area contributed by atoms with Crippen LogP contribution >= 0.6 is 0 Å². The fourth-order valence-electron chi connectivity index (χ4n) is 10.7. The maximum absolute atomic E-state index is 3.72. The minimum absolute atomic E-state index is 1.25. The van der Waals surface area contributed by atoms with Gasteiger partial charge in [-0.15, -0.1) is 0 Å². The first-order valence-electron chi connectivity index (χ1n) is 32.1. The molecule has 0 unspecified atom stereocenters. The molecule has 0 aliphatic heterocycles. The van der Waals surface area contributed by atoms with Crippen LogP contribution in [-0.2, 0) is 0 Å². The van der Waals surface area contributed by atoms with Gasteiger partial charge in [-0.3, -0.25) is 0 Å². The fraction of sp³-hybridized carbons (Fsp3) is 1.00.